The average Bonchev–Trinajstić information content (AvgIpc) is 2.36. The predicted molar refractivity (Wildman–Crippen MR) is 79.5 cm³/mol. The molecule has 1 fully saturated rings. The van der Waals surface area contributed by atoms with Crippen molar-refractivity contribution in [2.45, 2.75) is 26.0 Å². The molecule has 0 aliphatic carbocycles. The monoisotopic (exact) mass is 301 g/mol. The Morgan fingerprint density at radius 2 is 2.25 bits per heavy atom. The number of halogens is 1. The van der Waals surface area contributed by atoms with Crippen LogP contribution in [0.15, 0.2) is 17.1 Å². The van der Waals surface area contributed by atoms with E-state index in [0.29, 0.717) is 18.8 Å². The van der Waals surface area contributed by atoms with E-state index in [2.05, 4.69) is 10.6 Å². The van der Waals surface area contributed by atoms with Gasteiger partial charge in [-0.1, -0.05) is 0 Å². The molecule has 1 amide bonds. The van der Waals surface area contributed by atoms with E-state index in [1.54, 1.807) is 20.2 Å². The molecule has 2 atom stereocenters. The van der Waals surface area contributed by atoms with Gasteiger partial charge in [0.25, 0.3) is 5.56 Å². The molecular weight excluding hydrogens is 282 g/mol. The second-order valence-corrected chi connectivity index (χ2v) is 4.82. The second kappa shape index (κ2) is 6.88. The van der Waals surface area contributed by atoms with E-state index in [1.807, 2.05) is 6.92 Å². The largest absolute Gasteiger partial charge is 0.375 e. The van der Waals surface area contributed by atoms with Gasteiger partial charge in [-0.05, 0) is 19.4 Å². The van der Waals surface area contributed by atoms with Gasteiger partial charge in [0.2, 0.25) is 5.91 Å². The molecule has 112 valence electrons. The fourth-order valence-corrected chi connectivity index (χ4v) is 2.09. The SMILES string of the molecule is Cc1cc(=O)n(C)cc1NC(=O)[C@H]1NCCO[C@@H]1C.Cl. The molecule has 0 saturated carbocycles. The Balaban J connectivity index is 0.00000200. The van der Waals surface area contributed by atoms with E-state index < -0.39 is 0 Å². The summed E-state index contributed by atoms with van der Waals surface area (Å²) in [4.78, 5) is 23.6. The molecule has 6 nitrogen and oxygen atoms in total. The minimum absolute atomic E-state index is 0. The standard InChI is InChI=1S/C13H19N3O3.ClH/c1-8-6-11(17)16(3)7-10(8)15-13(18)12-9(2)19-5-4-14-12;/h6-7,9,12,14H,4-5H2,1-3H3,(H,15,18);1H/t9-,12+;/m1./s1. The maximum absolute atomic E-state index is 12.2. The van der Waals surface area contributed by atoms with Gasteiger partial charge in [0, 0.05) is 25.9 Å². The zero-order valence-electron chi connectivity index (χ0n) is 11.8. The molecule has 0 unspecified atom stereocenters. The molecule has 0 spiro atoms. The van der Waals surface area contributed by atoms with Crippen molar-refractivity contribution in [3.63, 3.8) is 0 Å². The summed E-state index contributed by atoms with van der Waals surface area (Å²) in [5.41, 5.74) is 1.30. The molecule has 2 rings (SSSR count). The molecule has 1 aromatic rings. The highest BCUT2D eigenvalue weighted by Gasteiger charge is 2.28. The van der Waals surface area contributed by atoms with E-state index >= 15 is 0 Å². The number of nitrogens with zero attached hydrogens (tertiary/aromatic N) is 1. The van der Waals surface area contributed by atoms with E-state index in [4.69, 9.17) is 4.74 Å². The minimum atomic E-state index is -0.370. The van der Waals surface area contributed by atoms with Crippen molar-refractivity contribution in [2.75, 3.05) is 18.5 Å². The van der Waals surface area contributed by atoms with Crippen molar-refractivity contribution < 1.29 is 9.53 Å². The Kier molecular flexibility index (Phi) is 5.74. The number of aromatic nitrogens is 1. The molecule has 2 N–H and O–H groups in total. The Morgan fingerprint density at radius 3 is 2.90 bits per heavy atom. The van der Waals surface area contributed by atoms with Gasteiger partial charge in [0.05, 0.1) is 18.4 Å². The van der Waals surface area contributed by atoms with Crippen LogP contribution in [0, 0.1) is 6.92 Å². The number of carbonyl (C=O) groups is 1. The number of hydrogen-bond donors (Lipinski definition) is 2. The maximum atomic E-state index is 12.2. The van der Waals surface area contributed by atoms with Crippen LogP contribution >= 0.6 is 12.4 Å². The summed E-state index contributed by atoms with van der Waals surface area (Å²) in [7, 11) is 1.65. The quantitative estimate of drug-likeness (QED) is 0.831. The van der Waals surface area contributed by atoms with Crippen LogP contribution < -0.4 is 16.2 Å². The fraction of sp³-hybridized carbons (Fsp3) is 0.538. The van der Waals surface area contributed by atoms with Gasteiger partial charge in [0.1, 0.15) is 6.04 Å². The zero-order chi connectivity index (χ0) is 14.0. The summed E-state index contributed by atoms with van der Waals surface area (Å²) in [6, 6.07) is 1.13. The summed E-state index contributed by atoms with van der Waals surface area (Å²) in [6.45, 7) is 4.94. The highest BCUT2D eigenvalue weighted by molar-refractivity contribution is 5.95. The number of nitrogens with one attached hydrogen (secondary N) is 2. The number of aryl methyl sites for hydroxylation is 2. The minimum Gasteiger partial charge on any atom is -0.375 e. The van der Waals surface area contributed by atoms with Gasteiger partial charge >= 0.3 is 0 Å². The number of rotatable bonds is 2. The fourth-order valence-electron chi connectivity index (χ4n) is 2.09. The summed E-state index contributed by atoms with van der Waals surface area (Å²) >= 11 is 0. The normalized spacial score (nSPS) is 21.9. The summed E-state index contributed by atoms with van der Waals surface area (Å²) in [5, 5.41) is 5.97. The molecule has 0 aromatic carbocycles. The van der Waals surface area contributed by atoms with Crippen LogP contribution in [-0.2, 0) is 16.6 Å². The van der Waals surface area contributed by atoms with E-state index in [9.17, 15) is 9.59 Å². The lowest BCUT2D eigenvalue weighted by Gasteiger charge is -2.29. The third-order valence-corrected chi connectivity index (χ3v) is 3.29. The number of ether oxygens (including phenoxy) is 1. The Bertz CT molecular complexity index is 544. The van der Waals surface area contributed by atoms with Gasteiger partial charge < -0.3 is 19.9 Å². The van der Waals surface area contributed by atoms with Crippen molar-refractivity contribution in [2.24, 2.45) is 7.05 Å². The van der Waals surface area contributed by atoms with Gasteiger partial charge in [-0.15, -0.1) is 12.4 Å². The summed E-state index contributed by atoms with van der Waals surface area (Å²) in [6.07, 6.45) is 1.46. The molecule has 1 aliphatic heterocycles. The molecule has 7 heteroatoms. The third-order valence-electron chi connectivity index (χ3n) is 3.29. The Hall–Kier alpha value is -1.37. The lowest BCUT2D eigenvalue weighted by atomic mass is 10.1. The highest BCUT2D eigenvalue weighted by atomic mass is 35.5. The number of pyridine rings is 1. The molecule has 1 aliphatic rings. The Morgan fingerprint density at radius 1 is 1.55 bits per heavy atom. The van der Waals surface area contributed by atoms with Crippen LogP contribution in [0.2, 0.25) is 0 Å². The topological polar surface area (TPSA) is 72.4 Å². The number of anilines is 1. The Labute approximate surface area is 123 Å². The first-order chi connectivity index (χ1) is 8.99. The van der Waals surface area contributed by atoms with E-state index in [0.717, 1.165) is 5.56 Å². The maximum Gasteiger partial charge on any atom is 0.250 e. The zero-order valence-corrected chi connectivity index (χ0v) is 12.6. The van der Waals surface area contributed by atoms with Crippen LogP contribution in [0.4, 0.5) is 5.69 Å². The van der Waals surface area contributed by atoms with Crippen LogP contribution in [-0.4, -0.2) is 35.8 Å². The molecule has 1 aromatic heterocycles. The molecule has 0 radical (unpaired) electrons. The van der Waals surface area contributed by atoms with E-state index in [-0.39, 0.29) is 36.0 Å². The first-order valence-corrected chi connectivity index (χ1v) is 6.32. The van der Waals surface area contributed by atoms with Gasteiger partial charge in [-0.25, -0.2) is 0 Å². The van der Waals surface area contributed by atoms with Gasteiger partial charge in [0.15, 0.2) is 0 Å². The average molecular weight is 302 g/mol. The number of morpholine rings is 1. The first kappa shape index (κ1) is 16.7. The summed E-state index contributed by atoms with van der Waals surface area (Å²) < 4.78 is 6.89. The lowest BCUT2D eigenvalue weighted by molar-refractivity contribution is -0.123. The van der Waals surface area contributed by atoms with Gasteiger partial charge in [-0.3, -0.25) is 9.59 Å². The smallest absolute Gasteiger partial charge is 0.250 e. The molecule has 20 heavy (non-hydrogen) atoms. The van der Waals surface area contributed by atoms with Crippen molar-refractivity contribution in [3.05, 3.63) is 28.2 Å². The molecule has 2 heterocycles. The van der Waals surface area contributed by atoms with E-state index in [1.165, 1.54) is 10.6 Å². The van der Waals surface area contributed by atoms with Crippen molar-refractivity contribution in [1.29, 1.82) is 0 Å². The van der Waals surface area contributed by atoms with Crippen molar-refractivity contribution in [3.8, 4) is 0 Å². The van der Waals surface area contributed by atoms with Crippen LogP contribution in [0.3, 0.4) is 0 Å². The highest BCUT2D eigenvalue weighted by Crippen LogP contribution is 2.13. The van der Waals surface area contributed by atoms with Gasteiger partial charge in [-0.2, -0.15) is 0 Å². The summed E-state index contributed by atoms with van der Waals surface area (Å²) in [5.74, 6) is -0.144. The van der Waals surface area contributed by atoms with Crippen LogP contribution in [0.1, 0.15) is 12.5 Å². The van der Waals surface area contributed by atoms with Crippen LogP contribution in [0.25, 0.3) is 0 Å². The number of hydrogen-bond acceptors (Lipinski definition) is 4. The van der Waals surface area contributed by atoms with Crippen LogP contribution in [0.5, 0.6) is 0 Å². The number of carbonyl (C=O) groups excluding carboxylic acids is 1. The first-order valence-electron chi connectivity index (χ1n) is 6.32. The number of amides is 1. The van der Waals surface area contributed by atoms with Crippen molar-refractivity contribution >= 4 is 24.0 Å². The molecule has 1 saturated heterocycles. The lowest BCUT2D eigenvalue weighted by Crippen LogP contribution is -2.53. The molecule has 0 bridgehead atoms. The third kappa shape index (κ3) is 3.59. The molecular formula is C13H20ClN3O3. The second-order valence-electron chi connectivity index (χ2n) is 4.82. The van der Waals surface area contributed by atoms with Crippen molar-refractivity contribution in [1.82, 2.24) is 9.88 Å². The predicted octanol–water partition coefficient (Wildman–Crippen LogP) is 0.431.